The zero-order valence-electron chi connectivity index (χ0n) is 9.34. The lowest BCUT2D eigenvalue weighted by Crippen LogP contribution is -2.35. The third-order valence-corrected chi connectivity index (χ3v) is 2.77. The molecular weight excluding hydrogens is 174 g/mol. The Morgan fingerprint density at radius 3 is 2.79 bits per heavy atom. The molecule has 0 aromatic heterocycles. The fourth-order valence-corrected chi connectivity index (χ4v) is 2.06. The van der Waals surface area contributed by atoms with E-state index in [0.717, 1.165) is 25.0 Å². The molecule has 0 fully saturated rings. The van der Waals surface area contributed by atoms with Gasteiger partial charge in [0.1, 0.15) is 0 Å². The lowest BCUT2D eigenvalue weighted by atomic mass is 9.91. The predicted octanol–water partition coefficient (Wildman–Crippen LogP) is 2.72. The molecule has 1 atom stereocenters. The average molecular weight is 193 g/mol. The number of likely N-dealkylation sites (N-methyl/N-ethyl adjacent to an activating group) is 1. The van der Waals surface area contributed by atoms with E-state index in [1.807, 2.05) is 14.0 Å². The molecule has 2 nitrogen and oxygen atoms in total. The first-order valence-corrected chi connectivity index (χ1v) is 5.23. The van der Waals surface area contributed by atoms with Gasteiger partial charge in [0.25, 0.3) is 0 Å². The maximum Gasteiger partial charge on any atom is 0.229 e. The fraction of sp³-hybridized carbons (Fsp3) is 0.583. The van der Waals surface area contributed by atoms with E-state index >= 15 is 0 Å². The van der Waals surface area contributed by atoms with E-state index in [-0.39, 0.29) is 11.8 Å². The van der Waals surface area contributed by atoms with Crippen molar-refractivity contribution in [3.8, 4) is 0 Å². The summed E-state index contributed by atoms with van der Waals surface area (Å²) < 4.78 is 0. The van der Waals surface area contributed by atoms with E-state index in [9.17, 15) is 4.79 Å². The van der Waals surface area contributed by atoms with Crippen molar-refractivity contribution in [2.45, 2.75) is 33.1 Å². The van der Waals surface area contributed by atoms with E-state index in [1.54, 1.807) is 11.0 Å². The van der Waals surface area contributed by atoms with E-state index in [2.05, 4.69) is 13.5 Å². The second-order valence-electron chi connectivity index (χ2n) is 3.95. The Labute approximate surface area is 86.3 Å². The van der Waals surface area contributed by atoms with Crippen molar-refractivity contribution in [2.75, 3.05) is 7.05 Å². The molecule has 1 unspecified atom stereocenters. The molecule has 0 saturated carbocycles. The van der Waals surface area contributed by atoms with Crippen LogP contribution in [-0.4, -0.2) is 17.9 Å². The molecule has 0 aromatic carbocycles. The smallest absolute Gasteiger partial charge is 0.229 e. The van der Waals surface area contributed by atoms with Crippen LogP contribution in [0.3, 0.4) is 0 Å². The number of amides is 1. The predicted molar refractivity (Wildman–Crippen MR) is 58.7 cm³/mol. The SMILES string of the molecule is C=CC1=C(CCC)CC(C)C(=O)N1C. The van der Waals surface area contributed by atoms with Gasteiger partial charge in [0, 0.05) is 18.7 Å². The second-order valence-corrected chi connectivity index (χ2v) is 3.95. The van der Waals surface area contributed by atoms with Crippen LogP contribution in [0.4, 0.5) is 0 Å². The van der Waals surface area contributed by atoms with Crippen LogP contribution < -0.4 is 0 Å². The first-order chi connectivity index (χ1) is 6.61. The first-order valence-electron chi connectivity index (χ1n) is 5.23. The third-order valence-electron chi connectivity index (χ3n) is 2.77. The lowest BCUT2D eigenvalue weighted by molar-refractivity contribution is -0.132. The van der Waals surface area contributed by atoms with Crippen molar-refractivity contribution < 1.29 is 4.79 Å². The molecular formula is C12H19NO. The first kappa shape index (κ1) is 11.0. The third kappa shape index (κ3) is 1.89. The molecule has 1 aliphatic rings. The van der Waals surface area contributed by atoms with Gasteiger partial charge in [-0.1, -0.05) is 26.8 Å². The highest BCUT2D eigenvalue weighted by Crippen LogP contribution is 2.29. The summed E-state index contributed by atoms with van der Waals surface area (Å²) in [5.74, 6) is 0.338. The number of hydrogen-bond acceptors (Lipinski definition) is 1. The van der Waals surface area contributed by atoms with Gasteiger partial charge in [0.15, 0.2) is 0 Å². The summed E-state index contributed by atoms with van der Waals surface area (Å²) in [6.45, 7) is 7.93. The minimum Gasteiger partial charge on any atom is -0.315 e. The molecule has 0 aromatic rings. The highest BCUT2D eigenvalue weighted by Gasteiger charge is 2.27. The summed E-state index contributed by atoms with van der Waals surface area (Å²) in [6, 6.07) is 0. The molecule has 0 aliphatic carbocycles. The summed E-state index contributed by atoms with van der Waals surface area (Å²) in [4.78, 5) is 13.4. The van der Waals surface area contributed by atoms with Crippen LogP contribution in [0.25, 0.3) is 0 Å². The molecule has 0 spiro atoms. The van der Waals surface area contributed by atoms with Crippen molar-refractivity contribution >= 4 is 5.91 Å². The van der Waals surface area contributed by atoms with Crippen molar-refractivity contribution in [1.82, 2.24) is 4.90 Å². The van der Waals surface area contributed by atoms with Gasteiger partial charge in [-0.25, -0.2) is 0 Å². The normalized spacial score (nSPS) is 22.9. The maximum absolute atomic E-state index is 11.7. The Kier molecular flexibility index (Phi) is 3.50. The Hall–Kier alpha value is -1.05. The standard InChI is InChI=1S/C12H19NO/c1-5-7-10-8-9(3)12(14)13(4)11(10)6-2/h6,9H,2,5,7-8H2,1,3-4H3. The molecule has 0 N–H and O–H groups in total. The molecule has 0 saturated heterocycles. The maximum atomic E-state index is 11.7. The molecule has 0 radical (unpaired) electrons. The lowest BCUT2D eigenvalue weighted by Gasteiger charge is -2.31. The average Bonchev–Trinajstić information content (AvgIpc) is 2.16. The largest absolute Gasteiger partial charge is 0.315 e. The number of allylic oxidation sites excluding steroid dienone is 2. The quantitative estimate of drug-likeness (QED) is 0.675. The minimum atomic E-state index is 0.130. The summed E-state index contributed by atoms with van der Waals surface area (Å²) >= 11 is 0. The Bertz CT molecular complexity index is 278. The van der Waals surface area contributed by atoms with Crippen molar-refractivity contribution in [3.63, 3.8) is 0 Å². The van der Waals surface area contributed by atoms with Gasteiger partial charge < -0.3 is 4.90 Å². The second kappa shape index (κ2) is 4.45. The Morgan fingerprint density at radius 2 is 2.29 bits per heavy atom. The summed E-state index contributed by atoms with van der Waals surface area (Å²) in [5, 5.41) is 0. The minimum absolute atomic E-state index is 0.130. The highest BCUT2D eigenvalue weighted by atomic mass is 16.2. The number of rotatable bonds is 3. The van der Waals surface area contributed by atoms with Crippen LogP contribution in [0.1, 0.15) is 33.1 Å². The number of hydrogen-bond donors (Lipinski definition) is 0. The van der Waals surface area contributed by atoms with Crippen LogP contribution in [0.5, 0.6) is 0 Å². The van der Waals surface area contributed by atoms with Crippen LogP contribution in [-0.2, 0) is 4.79 Å². The van der Waals surface area contributed by atoms with Gasteiger partial charge >= 0.3 is 0 Å². The monoisotopic (exact) mass is 193 g/mol. The molecule has 0 bridgehead atoms. The molecule has 2 heteroatoms. The number of carbonyl (C=O) groups is 1. The molecule has 1 amide bonds. The molecule has 78 valence electrons. The van der Waals surface area contributed by atoms with Crippen molar-refractivity contribution in [1.29, 1.82) is 0 Å². The summed E-state index contributed by atoms with van der Waals surface area (Å²) in [5.41, 5.74) is 2.40. The number of carbonyl (C=O) groups excluding carboxylic acids is 1. The zero-order valence-corrected chi connectivity index (χ0v) is 9.34. The van der Waals surface area contributed by atoms with E-state index in [4.69, 9.17) is 0 Å². The van der Waals surface area contributed by atoms with Gasteiger partial charge in [-0.15, -0.1) is 0 Å². The van der Waals surface area contributed by atoms with E-state index in [1.165, 1.54) is 5.57 Å². The van der Waals surface area contributed by atoms with Crippen LogP contribution in [0, 0.1) is 5.92 Å². The van der Waals surface area contributed by atoms with Gasteiger partial charge in [-0.3, -0.25) is 4.79 Å². The van der Waals surface area contributed by atoms with Crippen LogP contribution in [0.2, 0.25) is 0 Å². The van der Waals surface area contributed by atoms with Gasteiger partial charge in [-0.05, 0) is 24.5 Å². The molecule has 14 heavy (non-hydrogen) atoms. The topological polar surface area (TPSA) is 20.3 Å². The zero-order chi connectivity index (χ0) is 10.7. The summed E-state index contributed by atoms with van der Waals surface area (Å²) in [6.07, 6.45) is 4.90. The van der Waals surface area contributed by atoms with Gasteiger partial charge in [0.05, 0.1) is 0 Å². The van der Waals surface area contributed by atoms with Gasteiger partial charge in [-0.2, -0.15) is 0 Å². The Morgan fingerprint density at radius 1 is 1.64 bits per heavy atom. The number of nitrogens with zero attached hydrogens (tertiary/aromatic N) is 1. The van der Waals surface area contributed by atoms with Crippen LogP contribution in [0.15, 0.2) is 23.9 Å². The van der Waals surface area contributed by atoms with E-state index < -0.39 is 0 Å². The van der Waals surface area contributed by atoms with E-state index in [0.29, 0.717) is 0 Å². The highest BCUT2D eigenvalue weighted by molar-refractivity contribution is 5.82. The van der Waals surface area contributed by atoms with Crippen LogP contribution >= 0.6 is 0 Å². The van der Waals surface area contributed by atoms with Crippen molar-refractivity contribution in [3.05, 3.63) is 23.9 Å². The fourth-order valence-electron chi connectivity index (χ4n) is 2.06. The molecule has 1 aliphatic heterocycles. The van der Waals surface area contributed by atoms with Gasteiger partial charge in [0.2, 0.25) is 5.91 Å². The summed E-state index contributed by atoms with van der Waals surface area (Å²) in [7, 11) is 1.84. The Balaban J connectivity index is 3.00. The van der Waals surface area contributed by atoms with Crippen molar-refractivity contribution in [2.24, 2.45) is 5.92 Å². The molecule has 1 rings (SSSR count). The molecule has 1 heterocycles.